The molecule has 240 valence electrons. The molecule has 6 aromatic rings. The second-order valence-electron chi connectivity index (χ2n) is 13.4. The number of rotatable bonds is 4. The van der Waals surface area contributed by atoms with Gasteiger partial charge in [0.1, 0.15) is 0 Å². The average Bonchev–Trinajstić information content (AvgIpc) is 3.97. The molecule has 4 nitrogen and oxygen atoms in total. The van der Waals surface area contributed by atoms with E-state index in [1.807, 2.05) is 0 Å². The van der Waals surface area contributed by atoms with Gasteiger partial charge in [0.2, 0.25) is 0 Å². The van der Waals surface area contributed by atoms with E-state index < -0.39 is 0 Å². The van der Waals surface area contributed by atoms with Gasteiger partial charge in [0.25, 0.3) is 0 Å². The van der Waals surface area contributed by atoms with Crippen molar-refractivity contribution in [1.29, 1.82) is 0 Å². The van der Waals surface area contributed by atoms with E-state index in [1.165, 1.54) is 22.3 Å². The molecule has 2 N–H and O–H groups in total. The summed E-state index contributed by atoms with van der Waals surface area (Å²) in [4.78, 5) is 18.5. The fourth-order valence-corrected chi connectivity index (χ4v) is 7.25. The summed E-state index contributed by atoms with van der Waals surface area (Å²) in [5.41, 5.74) is 20.3. The molecule has 8 bridgehead atoms. The number of hydrogen-bond donors (Lipinski definition) is 2. The highest BCUT2D eigenvalue weighted by molar-refractivity contribution is 5.99. The molecule has 1 aliphatic carbocycles. The lowest BCUT2D eigenvalue weighted by Gasteiger charge is -2.07. The Balaban J connectivity index is 1.46. The molecule has 3 aromatic carbocycles. The Morgan fingerprint density at radius 3 is 1.10 bits per heavy atom. The van der Waals surface area contributed by atoms with E-state index in [1.54, 1.807) is 0 Å². The van der Waals surface area contributed by atoms with Gasteiger partial charge in [-0.15, -0.1) is 0 Å². The van der Waals surface area contributed by atoms with Gasteiger partial charge in [-0.25, -0.2) is 9.97 Å². The first-order chi connectivity index (χ1) is 24.5. The third kappa shape index (κ3) is 5.26. The predicted octanol–water partition coefficient (Wildman–Crippen LogP) is 11.9. The first-order valence-electron chi connectivity index (χ1n) is 17.2. The van der Waals surface area contributed by atoms with Gasteiger partial charge in [0.15, 0.2) is 0 Å². The summed E-state index contributed by atoms with van der Waals surface area (Å²) in [5, 5.41) is 0. The van der Waals surface area contributed by atoms with Gasteiger partial charge in [-0.05, 0) is 98.0 Å². The topological polar surface area (TPSA) is 57.4 Å². The molecular formula is C46H36N4. The first kappa shape index (κ1) is 29.8. The molecule has 2 aliphatic heterocycles. The molecule has 50 heavy (non-hydrogen) atoms. The van der Waals surface area contributed by atoms with Crippen LogP contribution in [0.25, 0.3) is 85.3 Å². The smallest absolute Gasteiger partial charge is 0.0737 e. The van der Waals surface area contributed by atoms with Gasteiger partial charge in [0.05, 0.1) is 22.8 Å². The Hall–Kier alpha value is -6.26. The maximum Gasteiger partial charge on any atom is 0.0737 e. The highest BCUT2D eigenvalue weighted by Crippen LogP contribution is 2.38. The maximum atomic E-state index is 5.40. The van der Waals surface area contributed by atoms with Crippen molar-refractivity contribution in [2.75, 3.05) is 0 Å². The Bertz CT molecular complexity index is 2560. The lowest BCUT2D eigenvalue weighted by molar-refractivity contribution is 1.29. The summed E-state index contributed by atoms with van der Waals surface area (Å²) in [6, 6.07) is 34.9. The van der Waals surface area contributed by atoms with E-state index in [0.717, 1.165) is 90.2 Å². The minimum Gasteiger partial charge on any atom is -0.354 e. The number of benzene rings is 3. The number of H-pyrrole nitrogens is 2. The summed E-state index contributed by atoms with van der Waals surface area (Å²) in [6.45, 7) is 6.37. The van der Waals surface area contributed by atoms with Crippen molar-refractivity contribution in [3.63, 3.8) is 0 Å². The number of nitrogens with one attached hydrogen (secondary N) is 2. The lowest BCUT2D eigenvalue weighted by atomic mass is 10.0. The summed E-state index contributed by atoms with van der Waals surface area (Å²) < 4.78 is 0. The van der Waals surface area contributed by atoms with Crippen LogP contribution in [0.2, 0.25) is 0 Å². The van der Waals surface area contributed by atoms with Crippen molar-refractivity contribution in [3.8, 4) is 33.4 Å². The third-order valence-electron chi connectivity index (χ3n) is 9.87. The van der Waals surface area contributed by atoms with Crippen molar-refractivity contribution in [3.05, 3.63) is 160 Å². The molecule has 0 fully saturated rings. The third-order valence-corrected chi connectivity index (χ3v) is 9.87. The summed E-state index contributed by atoms with van der Waals surface area (Å²) in [6.07, 6.45) is 16.1. The number of aryl methyl sites for hydroxylation is 3. The normalized spacial score (nSPS) is 13.3. The van der Waals surface area contributed by atoms with E-state index >= 15 is 0 Å². The number of fused-ring (bicyclic) bond motifs is 8. The molecule has 0 saturated heterocycles. The second-order valence-corrected chi connectivity index (χ2v) is 13.4. The molecule has 9 rings (SSSR count). The van der Waals surface area contributed by atoms with E-state index in [0.29, 0.717) is 0 Å². The predicted molar refractivity (Wildman–Crippen MR) is 211 cm³/mol. The van der Waals surface area contributed by atoms with Crippen LogP contribution in [0.5, 0.6) is 0 Å². The van der Waals surface area contributed by atoms with E-state index in [4.69, 9.17) is 9.97 Å². The van der Waals surface area contributed by atoms with Gasteiger partial charge in [0, 0.05) is 44.3 Å². The van der Waals surface area contributed by atoms with Crippen molar-refractivity contribution in [2.45, 2.75) is 27.2 Å². The minimum atomic E-state index is 0.861. The summed E-state index contributed by atoms with van der Waals surface area (Å²) in [7, 11) is 0. The van der Waals surface area contributed by atoms with Crippen LogP contribution < -0.4 is 0 Å². The van der Waals surface area contributed by atoms with Crippen molar-refractivity contribution < 1.29 is 0 Å². The largest absolute Gasteiger partial charge is 0.354 e. The quantitative estimate of drug-likeness (QED) is 0.200. The molecule has 0 unspecified atom stereocenters. The van der Waals surface area contributed by atoms with Gasteiger partial charge in [-0.2, -0.15) is 0 Å². The molecule has 3 aliphatic rings. The van der Waals surface area contributed by atoms with Crippen LogP contribution >= 0.6 is 0 Å². The maximum absolute atomic E-state index is 5.40. The first-order valence-corrected chi connectivity index (χ1v) is 17.2. The Kier molecular flexibility index (Phi) is 7.17. The zero-order valence-corrected chi connectivity index (χ0v) is 28.4. The standard InChI is InChI=1S/C46H36N4/c1-28-8-14-32(15-9-28)44-37-22-20-35(47-37)43(31-6-4-5-7-31)36-21-23-38(48-36)45(33-16-10-29(2)11-17-33)40-25-27-42(50-40)46(41-26-24-39(44)49-41)34-18-12-30(3)13-19-34/h4-6,8-27,47,50H,7H2,1-3H3. The zero-order chi connectivity index (χ0) is 33.8. The number of hydrogen-bond acceptors (Lipinski definition) is 2. The van der Waals surface area contributed by atoms with Crippen LogP contribution in [0.15, 0.2) is 115 Å². The Morgan fingerprint density at radius 1 is 0.420 bits per heavy atom. The monoisotopic (exact) mass is 644 g/mol. The van der Waals surface area contributed by atoms with E-state index in [2.05, 4.69) is 170 Å². The minimum absolute atomic E-state index is 0.861. The number of aromatic nitrogens is 4. The van der Waals surface area contributed by atoms with E-state index in [9.17, 15) is 0 Å². The van der Waals surface area contributed by atoms with Gasteiger partial charge >= 0.3 is 0 Å². The summed E-state index contributed by atoms with van der Waals surface area (Å²) >= 11 is 0. The number of nitrogens with zero attached hydrogens (tertiary/aromatic N) is 2. The molecule has 0 spiro atoms. The number of aromatic amines is 2. The van der Waals surface area contributed by atoms with Crippen molar-refractivity contribution in [2.24, 2.45) is 0 Å². The molecule has 3 aromatic heterocycles. The molecule has 0 radical (unpaired) electrons. The molecule has 0 amide bonds. The lowest BCUT2D eigenvalue weighted by Crippen LogP contribution is -1.91. The van der Waals surface area contributed by atoms with Crippen LogP contribution in [0, 0.1) is 20.8 Å². The van der Waals surface area contributed by atoms with Crippen molar-refractivity contribution in [1.82, 2.24) is 19.9 Å². The fourth-order valence-electron chi connectivity index (χ4n) is 7.25. The van der Waals surface area contributed by atoms with Gasteiger partial charge in [-0.1, -0.05) is 108 Å². The van der Waals surface area contributed by atoms with Crippen LogP contribution in [-0.4, -0.2) is 19.9 Å². The SMILES string of the molecule is Cc1ccc(-c2c3nc(c(-c4ccc(C)cc4)c4ccc([nH]4)c(-c4ccc(C)cc4)c4nc(c(C5=CC=CC5)c5ccc2[nH]5)C=C4)C=C3)cc1. The van der Waals surface area contributed by atoms with Crippen LogP contribution in [0.1, 0.15) is 51.5 Å². The molecule has 5 heterocycles. The highest BCUT2D eigenvalue weighted by atomic mass is 14.8. The average molecular weight is 645 g/mol. The molecule has 4 heteroatoms. The van der Waals surface area contributed by atoms with E-state index in [-0.39, 0.29) is 0 Å². The van der Waals surface area contributed by atoms with Gasteiger partial charge in [-0.3, -0.25) is 0 Å². The van der Waals surface area contributed by atoms with Crippen molar-refractivity contribution >= 4 is 51.9 Å². The Labute approximate surface area is 292 Å². The molecular weight excluding hydrogens is 609 g/mol. The van der Waals surface area contributed by atoms with Crippen LogP contribution in [0.4, 0.5) is 0 Å². The zero-order valence-electron chi connectivity index (χ0n) is 28.4. The number of allylic oxidation sites excluding steroid dienone is 4. The Morgan fingerprint density at radius 2 is 0.760 bits per heavy atom. The fraction of sp³-hybridized carbons (Fsp3) is 0.0870. The molecule has 0 saturated carbocycles. The molecule has 0 atom stereocenters. The summed E-state index contributed by atoms with van der Waals surface area (Å²) in [5.74, 6) is 0. The highest BCUT2D eigenvalue weighted by Gasteiger charge is 2.19. The van der Waals surface area contributed by atoms with Crippen LogP contribution in [0.3, 0.4) is 0 Å². The van der Waals surface area contributed by atoms with Crippen LogP contribution in [-0.2, 0) is 0 Å². The second kappa shape index (κ2) is 12.0. The van der Waals surface area contributed by atoms with Gasteiger partial charge < -0.3 is 9.97 Å².